The van der Waals surface area contributed by atoms with Crippen LogP contribution in [0.25, 0.3) is 0 Å². The van der Waals surface area contributed by atoms with Crippen LogP contribution < -0.4 is 15.5 Å². The molecule has 1 atom stereocenters. The van der Waals surface area contributed by atoms with E-state index in [1.54, 1.807) is 24.3 Å². The smallest absolute Gasteiger partial charge is 0.253 e. The van der Waals surface area contributed by atoms with Crippen LogP contribution >= 0.6 is 11.6 Å². The zero-order valence-electron chi connectivity index (χ0n) is 17.6. The van der Waals surface area contributed by atoms with Crippen molar-refractivity contribution in [3.8, 4) is 0 Å². The summed E-state index contributed by atoms with van der Waals surface area (Å²) in [6.45, 7) is 0.489. The lowest BCUT2D eigenvalue weighted by Gasteiger charge is -2.17. The molecular weight excluding hydrogens is 445 g/mol. The van der Waals surface area contributed by atoms with Gasteiger partial charge >= 0.3 is 0 Å². The maximum atomic E-state index is 13.5. The van der Waals surface area contributed by atoms with Gasteiger partial charge in [-0.15, -0.1) is 0 Å². The Morgan fingerprint density at radius 3 is 2.52 bits per heavy atom. The second kappa shape index (κ2) is 9.83. The molecule has 1 heterocycles. The summed E-state index contributed by atoms with van der Waals surface area (Å²) in [6.07, 6.45) is 0.00317. The average Bonchev–Trinajstić information content (AvgIpc) is 3.22. The van der Waals surface area contributed by atoms with Crippen molar-refractivity contribution in [3.63, 3.8) is 0 Å². The molecule has 4 rings (SSSR count). The first-order valence-electron chi connectivity index (χ1n) is 10.4. The summed E-state index contributed by atoms with van der Waals surface area (Å²) in [6, 6.07) is 20.2. The third-order valence-electron chi connectivity index (χ3n) is 5.44. The molecule has 3 aromatic carbocycles. The predicted molar refractivity (Wildman–Crippen MR) is 125 cm³/mol. The van der Waals surface area contributed by atoms with Gasteiger partial charge in [0.15, 0.2) is 0 Å². The topological polar surface area (TPSA) is 78.5 Å². The summed E-state index contributed by atoms with van der Waals surface area (Å²) in [5, 5.41) is 5.53. The highest BCUT2D eigenvalue weighted by Gasteiger charge is 2.35. The van der Waals surface area contributed by atoms with Crippen molar-refractivity contribution in [2.45, 2.75) is 13.0 Å². The van der Waals surface area contributed by atoms with E-state index in [4.69, 9.17) is 11.6 Å². The summed E-state index contributed by atoms with van der Waals surface area (Å²) in [5.41, 5.74) is 2.08. The highest BCUT2D eigenvalue weighted by atomic mass is 35.5. The number of rotatable bonds is 6. The molecule has 0 radical (unpaired) electrons. The lowest BCUT2D eigenvalue weighted by atomic mass is 10.1. The van der Waals surface area contributed by atoms with Gasteiger partial charge in [0.2, 0.25) is 11.8 Å². The van der Waals surface area contributed by atoms with Gasteiger partial charge in [0.25, 0.3) is 5.91 Å². The first-order valence-corrected chi connectivity index (χ1v) is 10.8. The minimum Gasteiger partial charge on any atom is -0.348 e. The van der Waals surface area contributed by atoms with Gasteiger partial charge in [0.1, 0.15) is 5.82 Å². The van der Waals surface area contributed by atoms with Crippen molar-refractivity contribution in [1.82, 2.24) is 5.32 Å². The molecule has 0 aliphatic carbocycles. The first-order chi connectivity index (χ1) is 15.9. The van der Waals surface area contributed by atoms with Crippen molar-refractivity contribution in [3.05, 3.63) is 94.8 Å². The minimum atomic E-state index is -0.623. The molecule has 2 N–H and O–H groups in total. The Labute approximate surface area is 195 Å². The summed E-state index contributed by atoms with van der Waals surface area (Å²) >= 11 is 5.83. The number of halogens is 2. The van der Waals surface area contributed by atoms with Crippen molar-refractivity contribution < 1.29 is 18.8 Å². The number of hydrogen-bond acceptors (Lipinski definition) is 3. The largest absolute Gasteiger partial charge is 0.348 e. The van der Waals surface area contributed by atoms with Crippen LogP contribution in [0.3, 0.4) is 0 Å². The van der Waals surface area contributed by atoms with Crippen molar-refractivity contribution in [2.75, 3.05) is 16.8 Å². The zero-order chi connectivity index (χ0) is 23.4. The Balaban J connectivity index is 1.43. The second-order valence-electron chi connectivity index (χ2n) is 7.71. The molecule has 1 saturated heterocycles. The maximum absolute atomic E-state index is 13.5. The van der Waals surface area contributed by atoms with E-state index in [1.807, 2.05) is 30.3 Å². The fourth-order valence-corrected chi connectivity index (χ4v) is 3.86. The Bertz CT molecular complexity index is 1200. The number of carbonyl (C=O) groups excluding carboxylic acids is 3. The average molecular weight is 466 g/mol. The molecule has 3 amide bonds. The van der Waals surface area contributed by atoms with Gasteiger partial charge in [-0.25, -0.2) is 4.39 Å². The van der Waals surface area contributed by atoms with E-state index in [0.717, 1.165) is 5.56 Å². The first kappa shape index (κ1) is 22.5. The molecule has 1 aliphatic heterocycles. The summed E-state index contributed by atoms with van der Waals surface area (Å²) < 4.78 is 13.5. The van der Waals surface area contributed by atoms with E-state index >= 15 is 0 Å². The normalized spacial score (nSPS) is 15.4. The number of anilines is 2. The minimum absolute atomic E-state index is 0.00317. The van der Waals surface area contributed by atoms with Gasteiger partial charge in [-0.05, 0) is 35.9 Å². The van der Waals surface area contributed by atoms with Crippen LogP contribution in [0.15, 0.2) is 72.8 Å². The number of amides is 3. The van der Waals surface area contributed by atoms with Crippen LogP contribution in [0, 0.1) is 11.7 Å². The Morgan fingerprint density at radius 1 is 1.03 bits per heavy atom. The van der Waals surface area contributed by atoms with Crippen molar-refractivity contribution >= 4 is 40.7 Å². The molecule has 8 heteroatoms. The van der Waals surface area contributed by atoms with Crippen LogP contribution in [0.4, 0.5) is 15.8 Å². The highest BCUT2D eigenvalue weighted by molar-refractivity contribution is 6.31. The quantitative estimate of drug-likeness (QED) is 0.566. The highest BCUT2D eigenvalue weighted by Crippen LogP contribution is 2.29. The molecule has 6 nitrogen and oxygen atoms in total. The Kier molecular flexibility index (Phi) is 6.70. The van der Waals surface area contributed by atoms with E-state index in [1.165, 1.54) is 23.1 Å². The number of nitrogens with zero attached hydrogens (tertiary/aromatic N) is 1. The molecule has 0 spiro atoms. The third-order valence-corrected chi connectivity index (χ3v) is 5.73. The summed E-state index contributed by atoms with van der Waals surface area (Å²) in [4.78, 5) is 39.5. The van der Waals surface area contributed by atoms with E-state index < -0.39 is 11.7 Å². The van der Waals surface area contributed by atoms with E-state index in [9.17, 15) is 18.8 Å². The summed E-state index contributed by atoms with van der Waals surface area (Å²) in [5.74, 6) is -2.15. The SMILES string of the molecule is O=C(NCc1ccccc1)c1ccccc1NC(=O)C1CC(=O)N(c2ccc(F)c(Cl)c2)C1. The molecule has 168 valence electrons. The van der Waals surface area contributed by atoms with Gasteiger partial charge < -0.3 is 15.5 Å². The van der Waals surface area contributed by atoms with E-state index in [2.05, 4.69) is 10.6 Å². The fourth-order valence-electron chi connectivity index (χ4n) is 3.68. The van der Waals surface area contributed by atoms with Crippen LogP contribution in [-0.4, -0.2) is 24.3 Å². The monoisotopic (exact) mass is 465 g/mol. The molecule has 0 aromatic heterocycles. The standard InChI is InChI=1S/C25H21ClFN3O3/c26-20-13-18(10-11-21(20)27)30-15-17(12-23(30)31)24(32)29-22-9-5-4-8-19(22)25(33)28-14-16-6-2-1-3-7-16/h1-11,13,17H,12,14-15H2,(H,28,33)(H,29,32). The van der Waals surface area contributed by atoms with Gasteiger partial charge in [-0.3, -0.25) is 14.4 Å². The second-order valence-corrected chi connectivity index (χ2v) is 8.11. The predicted octanol–water partition coefficient (Wildman–Crippen LogP) is 4.40. The van der Waals surface area contributed by atoms with Gasteiger partial charge in [-0.2, -0.15) is 0 Å². The molecular formula is C25H21ClFN3O3. The maximum Gasteiger partial charge on any atom is 0.253 e. The zero-order valence-corrected chi connectivity index (χ0v) is 18.3. The third kappa shape index (κ3) is 5.21. The lowest BCUT2D eigenvalue weighted by molar-refractivity contribution is -0.122. The molecule has 0 bridgehead atoms. The van der Waals surface area contributed by atoms with Gasteiger partial charge in [-0.1, -0.05) is 54.1 Å². The van der Waals surface area contributed by atoms with Crippen molar-refractivity contribution in [1.29, 1.82) is 0 Å². The Morgan fingerprint density at radius 2 is 1.76 bits per heavy atom. The van der Waals surface area contributed by atoms with Crippen molar-refractivity contribution in [2.24, 2.45) is 5.92 Å². The van der Waals surface area contributed by atoms with Crippen LogP contribution in [0.2, 0.25) is 5.02 Å². The van der Waals surface area contributed by atoms with Gasteiger partial charge in [0, 0.05) is 25.2 Å². The molecule has 1 aliphatic rings. The number of carbonyl (C=O) groups is 3. The molecule has 1 unspecified atom stereocenters. The number of para-hydroxylation sites is 1. The molecule has 0 saturated carbocycles. The van der Waals surface area contributed by atoms with Gasteiger partial charge in [0.05, 0.1) is 22.2 Å². The Hall–Kier alpha value is -3.71. The number of hydrogen-bond donors (Lipinski definition) is 2. The number of benzene rings is 3. The molecule has 1 fully saturated rings. The fraction of sp³-hybridized carbons (Fsp3) is 0.160. The van der Waals surface area contributed by atoms with Crippen LogP contribution in [-0.2, 0) is 16.1 Å². The summed E-state index contributed by atoms with van der Waals surface area (Å²) in [7, 11) is 0. The van der Waals surface area contributed by atoms with Crippen LogP contribution in [0.1, 0.15) is 22.3 Å². The van der Waals surface area contributed by atoms with E-state index in [-0.39, 0.29) is 35.7 Å². The lowest BCUT2D eigenvalue weighted by Crippen LogP contribution is -2.29. The van der Waals surface area contributed by atoms with Crippen LogP contribution in [0.5, 0.6) is 0 Å². The molecule has 3 aromatic rings. The molecule has 33 heavy (non-hydrogen) atoms. The van der Waals surface area contributed by atoms with E-state index in [0.29, 0.717) is 23.5 Å². The number of nitrogens with one attached hydrogen (secondary N) is 2.